The van der Waals surface area contributed by atoms with Gasteiger partial charge in [-0.05, 0) is 31.4 Å². The van der Waals surface area contributed by atoms with Gasteiger partial charge in [-0.1, -0.05) is 13.3 Å². The van der Waals surface area contributed by atoms with Crippen molar-refractivity contribution < 1.29 is 9.30 Å². The van der Waals surface area contributed by atoms with E-state index >= 15 is 0 Å². The van der Waals surface area contributed by atoms with E-state index in [1.54, 1.807) is 0 Å². The standard InChI is InChI=1S/C14H20N2O/c1-3-4-12-11-6-8-17-14(11)16-7-5-10(2)9-13(16)15-12/h5,7,9,11-12,14H,3-4,6,8H2,1-2H3/p+1/t11-,12?,14-/m0/s1. The van der Waals surface area contributed by atoms with Crippen LogP contribution in [0.1, 0.15) is 38.0 Å². The molecular weight excluding hydrogens is 212 g/mol. The maximum Gasteiger partial charge on any atom is 0.277 e. The maximum atomic E-state index is 5.92. The third-order valence-electron chi connectivity index (χ3n) is 3.97. The molecule has 1 fully saturated rings. The van der Waals surface area contributed by atoms with Crippen LogP contribution in [0.25, 0.3) is 0 Å². The van der Waals surface area contributed by atoms with Gasteiger partial charge in [0.05, 0.1) is 18.7 Å². The summed E-state index contributed by atoms with van der Waals surface area (Å²) in [6.45, 7) is 5.29. The first-order chi connectivity index (χ1) is 8.29. The summed E-state index contributed by atoms with van der Waals surface area (Å²) < 4.78 is 8.18. The molecule has 1 unspecified atom stereocenters. The molecule has 0 radical (unpaired) electrons. The number of anilines is 1. The van der Waals surface area contributed by atoms with Gasteiger partial charge in [0.1, 0.15) is 6.04 Å². The molecule has 3 nitrogen and oxygen atoms in total. The molecule has 0 saturated carbocycles. The number of nitrogens with zero attached hydrogens (tertiary/aromatic N) is 1. The molecular formula is C14H21N2O+. The number of fused-ring (bicyclic) bond motifs is 3. The summed E-state index contributed by atoms with van der Waals surface area (Å²) >= 11 is 0. The van der Waals surface area contributed by atoms with Crippen molar-refractivity contribution >= 4 is 5.82 Å². The van der Waals surface area contributed by atoms with Crippen LogP contribution < -0.4 is 9.88 Å². The lowest BCUT2D eigenvalue weighted by atomic mass is 9.91. The van der Waals surface area contributed by atoms with Gasteiger partial charge in [-0.2, -0.15) is 0 Å². The third-order valence-corrected chi connectivity index (χ3v) is 3.97. The van der Waals surface area contributed by atoms with E-state index in [-0.39, 0.29) is 6.23 Å². The van der Waals surface area contributed by atoms with Crippen molar-refractivity contribution in [1.82, 2.24) is 0 Å². The number of pyridine rings is 1. The van der Waals surface area contributed by atoms with Crippen LogP contribution in [0.2, 0.25) is 0 Å². The van der Waals surface area contributed by atoms with Gasteiger partial charge in [-0.3, -0.25) is 5.32 Å². The topological polar surface area (TPSA) is 25.1 Å². The average molecular weight is 233 g/mol. The zero-order chi connectivity index (χ0) is 11.8. The van der Waals surface area contributed by atoms with Gasteiger partial charge in [0, 0.05) is 6.07 Å². The summed E-state index contributed by atoms with van der Waals surface area (Å²) in [4.78, 5) is 0. The largest absolute Gasteiger partial charge is 0.339 e. The fourth-order valence-electron chi connectivity index (χ4n) is 3.13. The number of ether oxygens (including phenoxy) is 1. The molecule has 3 atom stereocenters. The summed E-state index contributed by atoms with van der Waals surface area (Å²) in [7, 11) is 0. The number of rotatable bonds is 2. The van der Waals surface area contributed by atoms with E-state index in [1.807, 2.05) is 0 Å². The molecule has 1 saturated heterocycles. The molecule has 0 bridgehead atoms. The highest BCUT2D eigenvalue weighted by Gasteiger charge is 2.45. The van der Waals surface area contributed by atoms with E-state index in [1.165, 1.54) is 30.6 Å². The van der Waals surface area contributed by atoms with Gasteiger partial charge in [-0.15, -0.1) is 0 Å². The van der Waals surface area contributed by atoms with Gasteiger partial charge >= 0.3 is 0 Å². The van der Waals surface area contributed by atoms with Crippen molar-refractivity contribution in [2.75, 3.05) is 11.9 Å². The van der Waals surface area contributed by atoms with Crippen LogP contribution >= 0.6 is 0 Å². The van der Waals surface area contributed by atoms with Crippen molar-refractivity contribution in [3.63, 3.8) is 0 Å². The molecule has 0 amide bonds. The Morgan fingerprint density at radius 1 is 1.53 bits per heavy atom. The van der Waals surface area contributed by atoms with Crippen molar-refractivity contribution in [3.8, 4) is 0 Å². The summed E-state index contributed by atoms with van der Waals surface area (Å²) in [5.74, 6) is 1.85. The summed E-state index contributed by atoms with van der Waals surface area (Å²) in [5, 5.41) is 3.69. The smallest absolute Gasteiger partial charge is 0.277 e. The Labute approximate surface area is 103 Å². The van der Waals surface area contributed by atoms with Gasteiger partial charge in [0.25, 0.3) is 5.82 Å². The molecule has 0 aromatic carbocycles. The van der Waals surface area contributed by atoms with Gasteiger partial charge in [0.2, 0.25) is 6.23 Å². The van der Waals surface area contributed by atoms with Crippen molar-refractivity contribution in [3.05, 3.63) is 23.9 Å². The zero-order valence-electron chi connectivity index (χ0n) is 10.6. The van der Waals surface area contributed by atoms with E-state index in [4.69, 9.17) is 4.74 Å². The molecule has 1 aromatic rings. The molecule has 17 heavy (non-hydrogen) atoms. The summed E-state index contributed by atoms with van der Waals surface area (Å²) in [6, 6.07) is 4.96. The normalized spacial score (nSPS) is 30.6. The highest BCUT2D eigenvalue weighted by molar-refractivity contribution is 5.34. The fourth-order valence-corrected chi connectivity index (χ4v) is 3.13. The molecule has 1 N–H and O–H groups in total. The average Bonchev–Trinajstić information content (AvgIpc) is 2.78. The minimum absolute atomic E-state index is 0.253. The van der Waals surface area contributed by atoms with E-state index in [2.05, 4.69) is 42.1 Å². The first-order valence-electron chi connectivity index (χ1n) is 6.69. The van der Waals surface area contributed by atoms with E-state index in [0.29, 0.717) is 12.0 Å². The van der Waals surface area contributed by atoms with E-state index < -0.39 is 0 Å². The lowest BCUT2D eigenvalue weighted by Crippen LogP contribution is -2.54. The Hall–Kier alpha value is -1.09. The second-order valence-electron chi connectivity index (χ2n) is 5.25. The second kappa shape index (κ2) is 4.30. The molecule has 3 heteroatoms. The van der Waals surface area contributed by atoms with E-state index in [0.717, 1.165) is 6.61 Å². The molecule has 0 spiro atoms. The first kappa shape index (κ1) is 11.0. The van der Waals surface area contributed by atoms with Crippen LogP contribution in [-0.2, 0) is 4.74 Å². The van der Waals surface area contributed by atoms with Crippen LogP contribution in [0.3, 0.4) is 0 Å². The molecule has 1 aromatic heterocycles. The van der Waals surface area contributed by atoms with Crippen molar-refractivity contribution in [1.29, 1.82) is 0 Å². The highest BCUT2D eigenvalue weighted by atomic mass is 16.5. The molecule has 0 aliphatic carbocycles. The number of aromatic nitrogens is 1. The van der Waals surface area contributed by atoms with Crippen LogP contribution in [0.5, 0.6) is 0 Å². The minimum Gasteiger partial charge on any atom is -0.339 e. The Bertz CT molecular complexity index is 419. The zero-order valence-corrected chi connectivity index (χ0v) is 10.6. The first-order valence-corrected chi connectivity index (χ1v) is 6.69. The molecule has 3 heterocycles. The Balaban J connectivity index is 1.97. The van der Waals surface area contributed by atoms with Gasteiger partial charge in [0.15, 0.2) is 0 Å². The molecule has 3 rings (SSSR count). The van der Waals surface area contributed by atoms with Crippen molar-refractivity contribution in [2.45, 2.75) is 45.4 Å². The Morgan fingerprint density at radius 2 is 2.41 bits per heavy atom. The molecule has 2 aliphatic heterocycles. The summed E-state index contributed by atoms with van der Waals surface area (Å²) in [5.41, 5.74) is 1.30. The maximum absolute atomic E-state index is 5.92. The predicted molar refractivity (Wildman–Crippen MR) is 66.8 cm³/mol. The van der Waals surface area contributed by atoms with Gasteiger partial charge in [-0.25, -0.2) is 4.57 Å². The van der Waals surface area contributed by atoms with Crippen LogP contribution in [0.4, 0.5) is 5.82 Å². The lowest BCUT2D eigenvalue weighted by molar-refractivity contribution is -0.756. The van der Waals surface area contributed by atoms with Crippen LogP contribution in [0, 0.1) is 12.8 Å². The number of nitrogens with one attached hydrogen (secondary N) is 1. The third kappa shape index (κ3) is 1.82. The van der Waals surface area contributed by atoms with Crippen LogP contribution in [0.15, 0.2) is 18.3 Å². The molecule has 2 aliphatic rings. The summed E-state index contributed by atoms with van der Waals surface area (Å²) in [6.07, 6.45) is 6.06. The minimum atomic E-state index is 0.253. The SMILES string of the molecule is CCCC1Nc2cc(C)cc[n+]2[C@H]2OCC[C@@H]12. The molecule has 92 valence electrons. The number of hydrogen-bond acceptors (Lipinski definition) is 2. The second-order valence-corrected chi connectivity index (χ2v) is 5.25. The van der Waals surface area contributed by atoms with Crippen molar-refractivity contribution in [2.24, 2.45) is 5.92 Å². The Kier molecular flexibility index (Phi) is 2.79. The quantitative estimate of drug-likeness (QED) is 0.794. The lowest BCUT2D eigenvalue weighted by Gasteiger charge is -2.30. The van der Waals surface area contributed by atoms with Crippen LogP contribution in [-0.4, -0.2) is 12.6 Å². The predicted octanol–water partition coefficient (Wildman–Crippen LogP) is 2.41. The monoisotopic (exact) mass is 233 g/mol. The van der Waals surface area contributed by atoms with Gasteiger partial charge < -0.3 is 4.74 Å². The fraction of sp³-hybridized carbons (Fsp3) is 0.643. The highest BCUT2D eigenvalue weighted by Crippen LogP contribution is 2.36. The van der Waals surface area contributed by atoms with E-state index in [9.17, 15) is 0 Å². The number of hydrogen-bond donors (Lipinski definition) is 1. The number of aryl methyl sites for hydroxylation is 1. The Morgan fingerprint density at radius 3 is 3.24 bits per heavy atom.